The SMILES string of the molecule is CCc1ccc(C(N)=O)cc1.Cn1c[n+](C)cn1. The lowest BCUT2D eigenvalue weighted by Crippen LogP contribution is -2.23. The normalized spacial score (nSPS) is 9.50. The minimum absolute atomic E-state index is 0.368. The molecule has 18 heavy (non-hydrogen) atoms. The highest BCUT2D eigenvalue weighted by Crippen LogP contribution is 2.03. The van der Waals surface area contributed by atoms with E-state index in [1.165, 1.54) is 5.56 Å². The molecular formula is C13H19N4O+. The molecule has 2 aromatic rings. The van der Waals surface area contributed by atoms with Gasteiger partial charge in [0.15, 0.2) is 0 Å². The molecule has 1 aromatic heterocycles. The van der Waals surface area contributed by atoms with Gasteiger partial charge in [-0.15, -0.1) is 4.68 Å². The first-order valence-electron chi connectivity index (χ1n) is 5.75. The first-order valence-corrected chi connectivity index (χ1v) is 5.75. The Bertz CT molecular complexity index is 485. The van der Waals surface area contributed by atoms with Gasteiger partial charge in [0.2, 0.25) is 12.2 Å². The number of nitrogens with zero attached hydrogens (tertiary/aromatic N) is 3. The van der Waals surface area contributed by atoms with Gasteiger partial charge in [-0.05, 0) is 24.1 Å². The molecule has 0 spiro atoms. The number of benzene rings is 1. The molecule has 5 heteroatoms. The van der Waals surface area contributed by atoms with E-state index in [-0.39, 0.29) is 5.91 Å². The third-order valence-corrected chi connectivity index (χ3v) is 2.41. The molecule has 2 N–H and O–H groups in total. The van der Waals surface area contributed by atoms with Crippen LogP contribution in [0.4, 0.5) is 0 Å². The van der Waals surface area contributed by atoms with E-state index in [1.807, 2.05) is 37.1 Å². The van der Waals surface area contributed by atoms with Crippen LogP contribution in [0.5, 0.6) is 0 Å². The summed E-state index contributed by atoms with van der Waals surface area (Å²) in [5.41, 5.74) is 6.86. The quantitative estimate of drug-likeness (QED) is 0.789. The van der Waals surface area contributed by atoms with E-state index in [9.17, 15) is 4.79 Å². The van der Waals surface area contributed by atoms with E-state index >= 15 is 0 Å². The van der Waals surface area contributed by atoms with Gasteiger partial charge in [0.1, 0.15) is 0 Å². The predicted octanol–water partition coefficient (Wildman–Crippen LogP) is 0.592. The van der Waals surface area contributed by atoms with Crippen LogP contribution in [0.25, 0.3) is 0 Å². The topological polar surface area (TPSA) is 64.8 Å². The molecule has 0 unspecified atom stereocenters. The van der Waals surface area contributed by atoms with Crippen molar-refractivity contribution in [3.63, 3.8) is 0 Å². The van der Waals surface area contributed by atoms with Crippen molar-refractivity contribution < 1.29 is 9.36 Å². The average molecular weight is 247 g/mol. The number of aromatic nitrogens is 3. The van der Waals surface area contributed by atoms with Crippen LogP contribution in [0.3, 0.4) is 0 Å². The molecule has 0 aliphatic heterocycles. The van der Waals surface area contributed by atoms with Crippen molar-refractivity contribution in [3.8, 4) is 0 Å². The van der Waals surface area contributed by atoms with Gasteiger partial charge in [-0.1, -0.05) is 19.1 Å². The smallest absolute Gasteiger partial charge is 0.264 e. The van der Waals surface area contributed by atoms with Crippen molar-refractivity contribution in [1.29, 1.82) is 0 Å². The summed E-state index contributed by atoms with van der Waals surface area (Å²) in [6, 6.07) is 7.34. The van der Waals surface area contributed by atoms with Crippen molar-refractivity contribution in [2.24, 2.45) is 19.8 Å². The van der Waals surface area contributed by atoms with Gasteiger partial charge in [0.25, 0.3) is 6.33 Å². The lowest BCUT2D eigenvalue weighted by molar-refractivity contribution is -0.672. The molecule has 1 aromatic carbocycles. The Balaban J connectivity index is 0.000000199. The van der Waals surface area contributed by atoms with E-state index in [0.717, 1.165) is 6.42 Å². The number of aryl methyl sites for hydroxylation is 3. The number of amides is 1. The van der Waals surface area contributed by atoms with Crippen molar-refractivity contribution in [3.05, 3.63) is 48.0 Å². The van der Waals surface area contributed by atoms with Gasteiger partial charge >= 0.3 is 0 Å². The second-order valence-electron chi connectivity index (χ2n) is 4.00. The second kappa shape index (κ2) is 6.54. The van der Waals surface area contributed by atoms with Gasteiger partial charge in [-0.2, -0.15) is 0 Å². The Morgan fingerprint density at radius 1 is 1.39 bits per heavy atom. The van der Waals surface area contributed by atoms with Crippen LogP contribution in [0.1, 0.15) is 22.8 Å². The number of hydrogen-bond acceptors (Lipinski definition) is 2. The monoisotopic (exact) mass is 247 g/mol. The highest BCUT2D eigenvalue weighted by atomic mass is 16.1. The molecule has 2 rings (SSSR count). The molecule has 0 bridgehead atoms. The summed E-state index contributed by atoms with van der Waals surface area (Å²) >= 11 is 0. The van der Waals surface area contributed by atoms with Crippen molar-refractivity contribution in [1.82, 2.24) is 9.78 Å². The zero-order valence-electron chi connectivity index (χ0n) is 11.0. The van der Waals surface area contributed by atoms with E-state index in [2.05, 4.69) is 12.0 Å². The van der Waals surface area contributed by atoms with E-state index in [0.29, 0.717) is 5.56 Å². The van der Waals surface area contributed by atoms with Gasteiger partial charge in [-0.3, -0.25) is 4.79 Å². The third kappa shape index (κ3) is 4.37. The van der Waals surface area contributed by atoms with Crippen LogP contribution in [0, 0.1) is 0 Å². The van der Waals surface area contributed by atoms with Gasteiger partial charge in [-0.25, -0.2) is 4.57 Å². The number of carbonyl (C=O) groups is 1. The first kappa shape index (κ1) is 13.9. The summed E-state index contributed by atoms with van der Waals surface area (Å²) in [6.45, 7) is 2.07. The van der Waals surface area contributed by atoms with Crippen molar-refractivity contribution in [2.45, 2.75) is 13.3 Å². The third-order valence-electron chi connectivity index (χ3n) is 2.41. The summed E-state index contributed by atoms with van der Waals surface area (Å²) < 4.78 is 3.64. The average Bonchev–Trinajstić information content (AvgIpc) is 2.74. The fraction of sp³-hybridized carbons (Fsp3) is 0.308. The Labute approximate surface area is 107 Å². The summed E-state index contributed by atoms with van der Waals surface area (Å²) in [7, 11) is 3.83. The highest BCUT2D eigenvalue weighted by molar-refractivity contribution is 5.92. The van der Waals surface area contributed by atoms with Crippen LogP contribution < -0.4 is 10.3 Å². The predicted molar refractivity (Wildman–Crippen MR) is 68.7 cm³/mol. The van der Waals surface area contributed by atoms with Crippen LogP contribution in [-0.4, -0.2) is 15.7 Å². The fourth-order valence-electron chi connectivity index (χ4n) is 1.39. The molecule has 0 aliphatic rings. The molecule has 0 saturated heterocycles. The molecule has 5 nitrogen and oxygen atoms in total. The summed E-state index contributed by atoms with van der Waals surface area (Å²) in [5.74, 6) is -0.368. The molecule has 0 fully saturated rings. The Morgan fingerprint density at radius 3 is 2.28 bits per heavy atom. The number of carbonyl (C=O) groups excluding carboxylic acids is 1. The largest absolute Gasteiger partial charge is 0.366 e. The lowest BCUT2D eigenvalue weighted by Gasteiger charge is -1.96. The molecule has 1 heterocycles. The van der Waals surface area contributed by atoms with Gasteiger partial charge in [0, 0.05) is 10.7 Å². The van der Waals surface area contributed by atoms with Crippen LogP contribution in [-0.2, 0) is 20.5 Å². The van der Waals surface area contributed by atoms with Crippen LogP contribution in [0.2, 0.25) is 0 Å². The molecule has 1 amide bonds. The van der Waals surface area contributed by atoms with E-state index in [4.69, 9.17) is 5.73 Å². The number of primary amides is 1. The highest BCUT2D eigenvalue weighted by Gasteiger charge is 1.97. The van der Waals surface area contributed by atoms with Crippen LogP contribution >= 0.6 is 0 Å². The number of hydrogen-bond donors (Lipinski definition) is 1. The maximum Gasteiger partial charge on any atom is 0.264 e. The van der Waals surface area contributed by atoms with Crippen molar-refractivity contribution in [2.75, 3.05) is 0 Å². The summed E-state index contributed by atoms with van der Waals surface area (Å²) in [4.78, 5) is 10.6. The maximum absolute atomic E-state index is 10.6. The molecule has 0 aliphatic carbocycles. The van der Waals surface area contributed by atoms with Gasteiger partial charge in [0.05, 0.1) is 14.1 Å². The van der Waals surface area contributed by atoms with E-state index in [1.54, 1.807) is 23.1 Å². The van der Waals surface area contributed by atoms with E-state index < -0.39 is 0 Å². The van der Waals surface area contributed by atoms with Gasteiger partial charge < -0.3 is 5.73 Å². The van der Waals surface area contributed by atoms with Crippen molar-refractivity contribution >= 4 is 5.91 Å². The fourth-order valence-corrected chi connectivity index (χ4v) is 1.39. The summed E-state index contributed by atoms with van der Waals surface area (Å²) in [6.07, 6.45) is 4.62. The first-order chi connectivity index (χ1) is 8.52. The Hall–Kier alpha value is -2.17. The molecular weight excluding hydrogens is 228 g/mol. The molecule has 96 valence electrons. The Morgan fingerprint density at radius 2 is 2.00 bits per heavy atom. The second-order valence-corrected chi connectivity index (χ2v) is 4.00. The molecule has 0 saturated carbocycles. The summed E-state index contributed by atoms with van der Waals surface area (Å²) in [5, 5.41) is 3.90. The zero-order valence-corrected chi connectivity index (χ0v) is 11.0. The number of nitrogens with two attached hydrogens (primary N) is 1. The number of rotatable bonds is 2. The minimum atomic E-state index is -0.368. The maximum atomic E-state index is 10.6. The lowest BCUT2D eigenvalue weighted by atomic mass is 10.1. The molecule has 0 atom stereocenters. The zero-order chi connectivity index (χ0) is 13.5. The molecule has 0 radical (unpaired) electrons. The van der Waals surface area contributed by atoms with Crippen LogP contribution in [0.15, 0.2) is 36.9 Å². The standard InChI is InChI=1S/C9H11NO.C4H8N3/c1-2-7-3-5-8(6-4-7)9(10)11;1-6-3-5-7(2)4-6/h3-6H,2H2,1H3,(H2,10,11);3-4H,1-2H3/q;+1. The minimum Gasteiger partial charge on any atom is -0.366 e. The Kier molecular flexibility index (Phi) is 5.05.